The van der Waals surface area contributed by atoms with Crippen LogP contribution in [-0.2, 0) is 0 Å². The molecule has 0 aliphatic rings. The second-order valence-corrected chi connectivity index (χ2v) is 3.87. The molecule has 1 N–H and O–H groups in total. The summed E-state index contributed by atoms with van der Waals surface area (Å²) < 4.78 is 0.997. The Hall–Kier alpha value is -0.500. The number of rotatable bonds is 2. The predicted octanol–water partition coefficient (Wildman–Crippen LogP) is 3.67. The van der Waals surface area contributed by atoms with E-state index in [0.717, 1.165) is 10.9 Å². The van der Waals surface area contributed by atoms with Crippen molar-refractivity contribution in [3.63, 3.8) is 0 Å². The Balaban J connectivity index is 3.01. The SMILES string of the molecule is CCC(C)c1ccc(O)cc1Br. The Labute approximate surface area is 81.6 Å². The van der Waals surface area contributed by atoms with E-state index in [9.17, 15) is 0 Å². The lowest BCUT2D eigenvalue weighted by atomic mass is 9.99. The minimum Gasteiger partial charge on any atom is -0.508 e. The molecule has 1 unspecified atom stereocenters. The summed E-state index contributed by atoms with van der Waals surface area (Å²) >= 11 is 3.43. The van der Waals surface area contributed by atoms with Crippen molar-refractivity contribution in [3.8, 4) is 5.75 Å². The summed E-state index contributed by atoms with van der Waals surface area (Å²) in [7, 11) is 0. The first-order valence-corrected chi connectivity index (χ1v) is 4.93. The van der Waals surface area contributed by atoms with Gasteiger partial charge in [-0.15, -0.1) is 0 Å². The van der Waals surface area contributed by atoms with E-state index in [1.807, 2.05) is 6.07 Å². The summed E-state index contributed by atoms with van der Waals surface area (Å²) in [6, 6.07) is 5.43. The first-order valence-electron chi connectivity index (χ1n) is 4.13. The molecule has 0 heterocycles. The summed E-state index contributed by atoms with van der Waals surface area (Å²) in [5.74, 6) is 0.855. The van der Waals surface area contributed by atoms with E-state index >= 15 is 0 Å². The number of hydrogen-bond acceptors (Lipinski definition) is 1. The van der Waals surface area contributed by atoms with Gasteiger partial charge in [0.25, 0.3) is 0 Å². The van der Waals surface area contributed by atoms with Gasteiger partial charge in [-0.3, -0.25) is 0 Å². The number of phenolic OH excluding ortho intramolecular Hbond substituents is 1. The molecule has 0 spiro atoms. The van der Waals surface area contributed by atoms with Gasteiger partial charge in [0, 0.05) is 4.47 Å². The lowest BCUT2D eigenvalue weighted by Gasteiger charge is -2.10. The van der Waals surface area contributed by atoms with Crippen molar-refractivity contribution in [2.75, 3.05) is 0 Å². The van der Waals surface area contributed by atoms with E-state index in [2.05, 4.69) is 29.8 Å². The van der Waals surface area contributed by atoms with Crippen LogP contribution in [0, 0.1) is 0 Å². The summed E-state index contributed by atoms with van der Waals surface area (Å²) in [4.78, 5) is 0. The number of benzene rings is 1. The molecular formula is C10H13BrO. The Morgan fingerprint density at radius 2 is 2.17 bits per heavy atom. The third kappa shape index (κ3) is 2.01. The van der Waals surface area contributed by atoms with E-state index in [0.29, 0.717) is 11.7 Å². The zero-order chi connectivity index (χ0) is 9.14. The highest BCUT2D eigenvalue weighted by Gasteiger charge is 2.06. The van der Waals surface area contributed by atoms with Crippen molar-refractivity contribution in [2.45, 2.75) is 26.2 Å². The number of hydrogen-bond donors (Lipinski definition) is 1. The second kappa shape index (κ2) is 3.94. The molecule has 0 saturated heterocycles. The quantitative estimate of drug-likeness (QED) is 0.820. The fraction of sp³-hybridized carbons (Fsp3) is 0.400. The molecule has 1 aromatic rings. The van der Waals surface area contributed by atoms with Gasteiger partial charge in [0.2, 0.25) is 0 Å². The van der Waals surface area contributed by atoms with E-state index in [4.69, 9.17) is 5.11 Å². The average Bonchev–Trinajstić information content (AvgIpc) is 2.03. The largest absolute Gasteiger partial charge is 0.508 e. The minimum absolute atomic E-state index is 0.314. The molecule has 0 bridgehead atoms. The maximum atomic E-state index is 9.16. The molecule has 1 atom stereocenters. The second-order valence-electron chi connectivity index (χ2n) is 3.02. The Kier molecular flexibility index (Phi) is 3.15. The Morgan fingerprint density at radius 3 is 2.67 bits per heavy atom. The molecule has 0 fully saturated rings. The molecule has 0 saturated carbocycles. The smallest absolute Gasteiger partial charge is 0.116 e. The van der Waals surface area contributed by atoms with Crippen LogP contribution in [-0.4, -0.2) is 5.11 Å². The van der Waals surface area contributed by atoms with Crippen LogP contribution in [0.5, 0.6) is 5.75 Å². The van der Waals surface area contributed by atoms with Crippen LogP contribution in [0.2, 0.25) is 0 Å². The Morgan fingerprint density at radius 1 is 1.50 bits per heavy atom. The topological polar surface area (TPSA) is 20.2 Å². The Bertz CT molecular complexity index is 271. The minimum atomic E-state index is 0.314. The summed E-state index contributed by atoms with van der Waals surface area (Å²) in [6.45, 7) is 4.33. The molecule has 1 rings (SSSR count). The van der Waals surface area contributed by atoms with Crippen molar-refractivity contribution >= 4 is 15.9 Å². The predicted molar refractivity (Wildman–Crippen MR) is 54.5 cm³/mol. The molecule has 12 heavy (non-hydrogen) atoms. The van der Waals surface area contributed by atoms with Crippen molar-refractivity contribution in [1.82, 2.24) is 0 Å². The third-order valence-corrected chi connectivity index (χ3v) is 2.81. The molecule has 66 valence electrons. The fourth-order valence-electron chi connectivity index (χ4n) is 1.14. The van der Waals surface area contributed by atoms with Gasteiger partial charge in [0.15, 0.2) is 0 Å². The van der Waals surface area contributed by atoms with Gasteiger partial charge in [0.1, 0.15) is 5.75 Å². The number of aromatic hydroxyl groups is 1. The van der Waals surface area contributed by atoms with E-state index in [1.165, 1.54) is 5.56 Å². The normalized spacial score (nSPS) is 12.9. The van der Waals surface area contributed by atoms with Crippen LogP contribution in [0.15, 0.2) is 22.7 Å². The van der Waals surface area contributed by atoms with Crippen molar-refractivity contribution in [2.24, 2.45) is 0 Å². The third-order valence-electron chi connectivity index (χ3n) is 2.13. The molecule has 0 aliphatic heterocycles. The standard InChI is InChI=1S/C10H13BrO/c1-3-7(2)9-5-4-8(12)6-10(9)11/h4-7,12H,3H2,1-2H3. The summed E-state index contributed by atoms with van der Waals surface area (Å²) in [5.41, 5.74) is 1.26. The monoisotopic (exact) mass is 228 g/mol. The van der Waals surface area contributed by atoms with Crippen LogP contribution in [0.1, 0.15) is 31.7 Å². The molecule has 1 nitrogen and oxygen atoms in total. The van der Waals surface area contributed by atoms with Crippen LogP contribution in [0.4, 0.5) is 0 Å². The lowest BCUT2D eigenvalue weighted by Crippen LogP contribution is -1.91. The molecule has 2 heteroatoms. The average molecular weight is 229 g/mol. The number of phenols is 1. The van der Waals surface area contributed by atoms with Gasteiger partial charge in [0.05, 0.1) is 0 Å². The van der Waals surface area contributed by atoms with Gasteiger partial charge in [-0.25, -0.2) is 0 Å². The molecule has 0 aromatic heterocycles. The van der Waals surface area contributed by atoms with Crippen LogP contribution < -0.4 is 0 Å². The highest BCUT2D eigenvalue weighted by molar-refractivity contribution is 9.10. The van der Waals surface area contributed by atoms with Gasteiger partial charge < -0.3 is 5.11 Å². The van der Waals surface area contributed by atoms with Crippen molar-refractivity contribution < 1.29 is 5.11 Å². The fourth-order valence-corrected chi connectivity index (χ4v) is 1.89. The van der Waals surface area contributed by atoms with Gasteiger partial charge >= 0.3 is 0 Å². The van der Waals surface area contributed by atoms with E-state index < -0.39 is 0 Å². The van der Waals surface area contributed by atoms with Crippen LogP contribution in [0.3, 0.4) is 0 Å². The van der Waals surface area contributed by atoms with Crippen LogP contribution in [0.25, 0.3) is 0 Å². The van der Waals surface area contributed by atoms with Gasteiger partial charge in [-0.05, 0) is 30.0 Å². The molecular weight excluding hydrogens is 216 g/mol. The molecule has 0 aliphatic carbocycles. The number of halogens is 1. The van der Waals surface area contributed by atoms with E-state index in [-0.39, 0.29) is 0 Å². The van der Waals surface area contributed by atoms with Crippen molar-refractivity contribution in [3.05, 3.63) is 28.2 Å². The van der Waals surface area contributed by atoms with Gasteiger partial charge in [-0.1, -0.05) is 35.8 Å². The maximum absolute atomic E-state index is 9.16. The zero-order valence-electron chi connectivity index (χ0n) is 7.34. The highest BCUT2D eigenvalue weighted by atomic mass is 79.9. The summed E-state index contributed by atoms with van der Waals surface area (Å²) in [5, 5.41) is 9.16. The lowest BCUT2D eigenvalue weighted by molar-refractivity contribution is 0.474. The van der Waals surface area contributed by atoms with Gasteiger partial charge in [-0.2, -0.15) is 0 Å². The first kappa shape index (κ1) is 9.59. The van der Waals surface area contributed by atoms with Crippen LogP contribution >= 0.6 is 15.9 Å². The molecule has 0 amide bonds. The first-order chi connectivity index (χ1) is 5.65. The molecule has 0 radical (unpaired) electrons. The van der Waals surface area contributed by atoms with E-state index in [1.54, 1.807) is 12.1 Å². The maximum Gasteiger partial charge on any atom is 0.116 e. The van der Waals surface area contributed by atoms with Crippen molar-refractivity contribution in [1.29, 1.82) is 0 Å². The highest BCUT2D eigenvalue weighted by Crippen LogP contribution is 2.29. The molecule has 1 aromatic carbocycles. The zero-order valence-corrected chi connectivity index (χ0v) is 8.93. The summed E-state index contributed by atoms with van der Waals surface area (Å²) in [6.07, 6.45) is 1.11.